The molecule has 0 spiro atoms. The fourth-order valence-electron chi connectivity index (χ4n) is 1.39. The van der Waals surface area contributed by atoms with Gasteiger partial charge in [-0.25, -0.2) is 4.72 Å². The smallest absolute Gasteiger partial charge is 0.279 e. The van der Waals surface area contributed by atoms with Crippen LogP contribution in [0.15, 0.2) is 0 Å². The second kappa shape index (κ2) is 5.25. The molecule has 1 aliphatic rings. The SMILES string of the molecule is CC(C)CNS(=O)(=O)N1CCN(C)CC1. The van der Waals surface area contributed by atoms with Gasteiger partial charge >= 0.3 is 0 Å². The number of rotatable bonds is 4. The van der Waals surface area contributed by atoms with E-state index in [9.17, 15) is 8.42 Å². The van der Waals surface area contributed by atoms with Crippen molar-refractivity contribution in [3.05, 3.63) is 0 Å². The summed E-state index contributed by atoms with van der Waals surface area (Å²) < 4.78 is 27.7. The van der Waals surface area contributed by atoms with Crippen molar-refractivity contribution < 1.29 is 8.42 Å². The van der Waals surface area contributed by atoms with Gasteiger partial charge in [0.2, 0.25) is 0 Å². The molecule has 0 bridgehead atoms. The number of nitrogens with zero attached hydrogens (tertiary/aromatic N) is 2. The lowest BCUT2D eigenvalue weighted by atomic mass is 10.2. The van der Waals surface area contributed by atoms with E-state index in [1.807, 2.05) is 20.9 Å². The lowest BCUT2D eigenvalue weighted by Crippen LogP contribution is -2.51. The van der Waals surface area contributed by atoms with Crippen molar-refractivity contribution in [1.82, 2.24) is 13.9 Å². The summed E-state index contributed by atoms with van der Waals surface area (Å²) in [6, 6.07) is 0. The number of nitrogens with one attached hydrogen (secondary N) is 1. The van der Waals surface area contributed by atoms with Crippen LogP contribution < -0.4 is 4.72 Å². The van der Waals surface area contributed by atoms with Crippen molar-refractivity contribution in [3.63, 3.8) is 0 Å². The molecule has 0 unspecified atom stereocenters. The lowest BCUT2D eigenvalue weighted by molar-refractivity contribution is 0.220. The maximum absolute atomic E-state index is 11.8. The van der Waals surface area contributed by atoms with Crippen LogP contribution in [0, 0.1) is 5.92 Å². The van der Waals surface area contributed by atoms with Crippen LogP contribution in [0.4, 0.5) is 0 Å². The highest BCUT2D eigenvalue weighted by molar-refractivity contribution is 7.87. The summed E-state index contributed by atoms with van der Waals surface area (Å²) in [5.41, 5.74) is 0. The fourth-order valence-corrected chi connectivity index (χ4v) is 2.76. The third-order valence-corrected chi connectivity index (χ3v) is 4.05. The monoisotopic (exact) mass is 235 g/mol. The minimum atomic E-state index is -3.25. The molecule has 1 aliphatic heterocycles. The molecule has 5 nitrogen and oxygen atoms in total. The van der Waals surface area contributed by atoms with E-state index in [1.54, 1.807) is 0 Å². The van der Waals surface area contributed by atoms with E-state index < -0.39 is 10.2 Å². The van der Waals surface area contributed by atoms with Gasteiger partial charge in [0.15, 0.2) is 0 Å². The highest BCUT2D eigenvalue weighted by Gasteiger charge is 2.24. The molecule has 0 saturated carbocycles. The Morgan fingerprint density at radius 1 is 1.20 bits per heavy atom. The van der Waals surface area contributed by atoms with Crippen molar-refractivity contribution in [2.45, 2.75) is 13.8 Å². The van der Waals surface area contributed by atoms with E-state index in [0.29, 0.717) is 25.6 Å². The van der Waals surface area contributed by atoms with Crippen LogP contribution >= 0.6 is 0 Å². The van der Waals surface area contributed by atoms with E-state index in [2.05, 4.69) is 9.62 Å². The Hall–Kier alpha value is -0.170. The van der Waals surface area contributed by atoms with Crippen LogP contribution in [-0.2, 0) is 10.2 Å². The zero-order valence-corrected chi connectivity index (χ0v) is 10.5. The van der Waals surface area contributed by atoms with E-state index in [4.69, 9.17) is 0 Å². The second-order valence-electron chi connectivity index (χ2n) is 4.45. The molecule has 0 aromatic rings. The third-order valence-electron chi connectivity index (χ3n) is 2.48. The maximum atomic E-state index is 11.8. The van der Waals surface area contributed by atoms with E-state index in [1.165, 1.54) is 4.31 Å². The predicted molar refractivity (Wildman–Crippen MR) is 60.8 cm³/mol. The largest absolute Gasteiger partial charge is 0.304 e. The van der Waals surface area contributed by atoms with Gasteiger partial charge in [-0.3, -0.25) is 0 Å². The molecular formula is C9H21N3O2S. The van der Waals surface area contributed by atoms with E-state index in [-0.39, 0.29) is 0 Å². The average molecular weight is 235 g/mol. The minimum absolute atomic E-state index is 0.340. The topological polar surface area (TPSA) is 52.7 Å². The normalized spacial score (nSPS) is 21.1. The molecule has 15 heavy (non-hydrogen) atoms. The summed E-state index contributed by atoms with van der Waals surface area (Å²) in [7, 11) is -1.24. The van der Waals surface area contributed by atoms with E-state index >= 15 is 0 Å². The highest BCUT2D eigenvalue weighted by Crippen LogP contribution is 2.04. The molecule has 0 atom stereocenters. The van der Waals surface area contributed by atoms with Gasteiger partial charge in [0.05, 0.1) is 0 Å². The zero-order chi connectivity index (χ0) is 11.5. The van der Waals surface area contributed by atoms with Gasteiger partial charge in [0, 0.05) is 32.7 Å². The standard InChI is InChI=1S/C9H21N3O2S/c1-9(2)8-10-15(13,14)12-6-4-11(3)5-7-12/h9-10H,4-8H2,1-3H3. The molecule has 0 radical (unpaired) electrons. The molecule has 1 rings (SSSR count). The molecule has 1 saturated heterocycles. The number of piperazine rings is 1. The Kier molecular flexibility index (Phi) is 4.51. The van der Waals surface area contributed by atoms with Crippen molar-refractivity contribution in [2.24, 2.45) is 5.92 Å². The molecular weight excluding hydrogens is 214 g/mol. The summed E-state index contributed by atoms with van der Waals surface area (Å²) in [5.74, 6) is 0.340. The Balaban J connectivity index is 2.47. The molecule has 0 aromatic heterocycles. The first kappa shape index (κ1) is 12.9. The van der Waals surface area contributed by atoms with Crippen LogP contribution in [0.3, 0.4) is 0 Å². The Morgan fingerprint density at radius 2 is 1.73 bits per heavy atom. The quantitative estimate of drug-likeness (QED) is 0.729. The first-order valence-corrected chi connectivity index (χ1v) is 6.79. The Morgan fingerprint density at radius 3 is 2.20 bits per heavy atom. The Bertz CT molecular complexity index is 282. The second-order valence-corrected chi connectivity index (χ2v) is 6.20. The molecule has 1 N–H and O–H groups in total. The molecule has 0 aromatic carbocycles. The lowest BCUT2D eigenvalue weighted by Gasteiger charge is -2.31. The van der Waals surface area contributed by atoms with E-state index in [0.717, 1.165) is 13.1 Å². The molecule has 1 heterocycles. The summed E-state index contributed by atoms with van der Waals surface area (Å²) in [6.07, 6.45) is 0. The zero-order valence-electron chi connectivity index (χ0n) is 9.73. The molecule has 0 aliphatic carbocycles. The first-order chi connectivity index (χ1) is 6.92. The summed E-state index contributed by atoms with van der Waals surface area (Å²) >= 11 is 0. The molecule has 0 amide bonds. The van der Waals surface area contributed by atoms with Crippen LogP contribution in [0.25, 0.3) is 0 Å². The molecule has 1 fully saturated rings. The van der Waals surface area contributed by atoms with Gasteiger partial charge in [-0.15, -0.1) is 0 Å². The van der Waals surface area contributed by atoms with Gasteiger partial charge in [-0.2, -0.15) is 12.7 Å². The Labute approximate surface area is 92.6 Å². The van der Waals surface area contributed by atoms with Gasteiger partial charge in [-0.1, -0.05) is 13.8 Å². The first-order valence-electron chi connectivity index (χ1n) is 5.35. The van der Waals surface area contributed by atoms with Crippen LogP contribution in [-0.4, -0.2) is 57.4 Å². The fraction of sp³-hybridized carbons (Fsp3) is 1.00. The predicted octanol–water partition coefficient (Wildman–Crippen LogP) is -0.276. The molecule has 90 valence electrons. The molecule has 6 heteroatoms. The highest BCUT2D eigenvalue weighted by atomic mass is 32.2. The summed E-state index contributed by atoms with van der Waals surface area (Å²) in [4.78, 5) is 2.13. The van der Waals surface area contributed by atoms with Crippen LogP contribution in [0.5, 0.6) is 0 Å². The van der Waals surface area contributed by atoms with Crippen molar-refractivity contribution in [2.75, 3.05) is 39.8 Å². The van der Waals surface area contributed by atoms with Crippen LogP contribution in [0.1, 0.15) is 13.8 Å². The minimum Gasteiger partial charge on any atom is -0.304 e. The van der Waals surface area contributed by atoms with Gasteiger partial charge in [0.1, 0.15) is 0 Å². The summed E-state index contributed by atoms with van der Waals surface area (Å²) in [5, 5.41) is 0. The van der Waals surface area contributed by atoms with Crippen molar-refractivity contribution >= 4 is 10.2 Å². The average Bonchev–Trinajstić information content (AvgIpc) is 2.16. The van der Waals surface area contributed by atoms with Gasteiger partial charge in [0.25, 0.3) is 10.2 Å². The van der Waals surface area contributed by atoms with Crippen LogP contribution in [0.2, 0.25) is 0 Å². The maximum Gasteiger partial charge on any atom is 0.279 e. The van der Waals surface area contributed by atoms with Crippen molar-refractivity contribution in [3.8, 4) is 0 Å². The van der Waals surface area contributed by atoms with Gasteiger partial charge < -0.3 is 4.90 Å². The number of likely N-dealkylation sites (N-methyl/N-ethyl adjacent to an activating group) is 1. The van der Waals surface area contributed by atoms with Gasteiger partial charge in [-0.05, 0) is 13.0 Å². The number of hydrogen-bond donors (Lipinski definition) is 1. The summed E-state index contributed by atoms with van der Waals surface area (Å²) in [6.45, 7) is 7.28. The number of hydrogen-bond acceptors (Lipinski definition) is 3. The third kappa shape index (κ3) is 4.06. The van der Waals surface area contributed by atoms with Crippen molar-refractivity contribution in [1.29, 1.82) is 0 Å².